The van der Waals surface area contributed by atoms with Gasteiger partial charge in [0.25, 0.3) is 5.91 Å². The van der Waals surface area contributed by atoms with Crippen LogP contribution in [0.4, 0.5) is 4.39 Å². The first kappa shape index (κ1) is 26.8. The fourth-order valence-electron chi connectivity index (χ4n) is 2.93. The normalized spacial score (nSPS) is 12.1. The Kier molecular flexibility index (Phi) is 9.37. The molecule has 172 valence electrons. The van der Waals surface area contributed by atoms with Gasteiger partial charge in [-0.25, -0.2) is 17.1 Å². The summed E-state index contributed by atoms with van der Waals surface area (Å²) >= 11 is 0. The summed E-state index contributed by atoms with van der Waals surface area (Å²) in [7, 11) is 2.65. The van der Waals surface area contributed by atoms with Gasteiger partial charge in [0.05, 0.1) is 17.1 Å². The number of nitrogens with zero attached hydrogens (tertiary/aromatic N) is 4. The summed E-state index contributed by atoms with van der Waals surface area (Å²) in [6, 6.07) is 6.46. The monoisotopic (exact) mass is 473 g/mol. The topological polar surface area (TPSA) is 102 Å². The molecule has 1 aromatic heterocycles. The molecule has 0 saturated heterocycles. The quantitative estimate of drug-likeness (QED) is 0.631. The Hall–Kier alpha value is -2.27. The number of carbonyl (C=O) groups excluding carboxylic acids is 1. The van der Waals surface area contributed by atoms with Crippen molar-refractivity contribution >= 4 is 28.3 Å². The number of sulfonamides is 1. The fourth-order valence-corrected chi connectivity index (χ4v) is 3.83. The number of halogens is 2. The average molecular weight is 474 g/mol. The largest absolute Gasteiger partial charge is 0.343 e. The molecule has 31 heavy (non-hydrogen) atoms. The molecule has 2 aromatic rings. The summed E-state index contributed by atoms with van der Waals surface area (Å²) in [5.74, 6) is -0.768. The number of nitrogens with two attached hydrogens (primary N) is 1. The van der Waals surface area contributed by atoms with Crippen LogP contribution in [0.15, 0.2) is 41.1 Å². The predicted octanol–water partition coefficient (Wildman–Crippen LogP) is 1.97. The highest BCUT2D eigenvalue weighted by Gasteiger charge is 2.24. The molecule has 0 aliphatic heterocycles. The minimum Gasteiger partial charge on any atom is -0.343 e. The maximum absolute atomic E-state index is 14.1. The van der Waals surface area contributed by atoms with Crippen molar-refractivity contribution in [2.45, 2.75) is 24.8 Å². The molecule has 0 saturated carbocycles. The van der Waals surface area contributed by atoms with Crippen LogP contribution in [0.1, 0.15) is 27.3 Å². The molecule has 8 nitrogen and oxygen atoms in total. The first-order valence-electron chi connectivity index (χ1n) is 9.33. The molecule has 0 atom stereocenters. The molecule has 1 aromatic carbocycles. The zero-order valence-electron chi connectivity index (χ0n) is 18.3. The van der Waals surface area contributed by atoms with Crippen LogP contribution >= 0.6 is 12.4 Å². The molecule has 1 amide bonds. The minimum absolute atomic E-state index is 0. The van der Waals surface area contributed by atoms with Gasteiger partial charge in [-0.15, -0.1) is 12.4 Å². The number of hydrogen-bond acceptors (Lipinski definition) is 5. The van der Waals surface area contributed by atoms with Gasteiger partial charge < -0.3 is 10.6 Å². The molecule has 0 unspecified atom stereocenters. The predicted molar refractivity (Wildman–Crippen MR) is 121 cm³/mol. The number of rotatable bonds is 8. The van der Waals surface area contributed by atoms with Gasteiger partial charge in [-0.3, -0.25) is 9.48 Å². The van der Waals surface area contributed by atoms with Crippen LogP contribution in [0.25, 0.3) is 0 Å². The second-order valence-corrected chi connectivity index (χ2v) is 9.42. The van der Waals surface area contributed by atoms with Crippen molar-refractivity contribution in [3.05, 3.63) is 58.7 Å². The number of aromatic nitrogens is 2. The summed E-state index contributed by atoms with van der Waals surface area (Å²) in [5, 5.41) is 4.36. The number of benzene rings is 1. The maximum Gasteiger partial charge on any atom is 0.271 e. The molecule has 0 fully saturated rings. The molecule has 0 spiro atoms. The van der Waals surface area contributed by atoms with E-state index < -0.39 is 15.9 Å². The number of carbonyl (C=O) groups is 1. The fraction of sp³-hybridized carbons (Fsp3) is 0.400. The Balaban J connectivity index is 0.00000480. The lowest BCUT2D eigenvalue weighted by Crippen LogP contribution is -2.26. The summed E-state index contributed by atoms with van der Waals surface area (Å²) < 4.78 is 41.0. The van der Waals surface area contributed by atoms with E-state index in [-0.39, 0.29) is 36.3 Å². The number of hydrogen-bond donors (Lipinski definition) is 1. The van der Waals surface area contributed by atoms with Gasteiger partial charge in [-0.05, 0) is 30.7 Å². The van der Waals surface area contributed by atoms with E-state index in [9.17, 15) is 17.6 Å². The van der Waals surface area contributed by atoms with E-state index in [1.54, 1.807) is 33.2 Å². The maximum atomic E-state index is 14.1. The van der Waals surface area contributed by atoms with Crippen molar-refractivity contribution in [1.82, 2.24) is 19.0 Å². The molecular weight excluding hydrogens is 445 g/mol. The number of allylic oxidation sites excluding steroid dienone is 1. The zero-order valence-corrected chi connectivity index (χ0v) is 19.9. The zero-order chi connectivity index (χ0) is 22.6. The van der Waals surface area contributed by atoms with Crippen molar-refractivity contribution in [3.63, 3.8) is 0 Å². The van der Waals surface area contributed by atoms with E-state index in [1.165, 1.54) is 41.9 Å². The van der Waals surface area contributed by atoms with E-state index in [4.69, 9.17) is 5.73 Å². The third-order valence-corrected chi connectivity index (χ3v) is 6.41. The van der Waals surface area contributed by atoms with Crippen LogP contribution in [0.5, 0.6) is 0 Å². The van der Waals surface area contributed by atoms with Crippen LogP contribution in [0.3, 0.4) is 0 Å². The highest BCUT2D eigenvalue weighted by Crippen LogP contribution is 2.22. The average Bonchev–Trinajstić information content (AvgIpc) is 2.96. The SMILES string of the molecule is Cc1nn(C/C(F)=C/CN)c(C(=O)N(C)C)c1Cc1ccc(S(=O)(=O)N(C)C)cc1.Cl. The standard InChI is InChI=1S/C20H28FN5O3S.ClH/c1-14-18(12-15-6-8-17(9-7-15)30(28,29)25(4)5)19(20(27)24(2)3)26(23-14)13-16(21)10-11-22;/h6-10H,11-13,22H2,1-5H3;1H/b16-10-;. The van der Waals surface area contributed by atoms with Crippen LogP contribution in [-0.4, -0.2) is 68.0 Å². The molecule has 0 aliphatic rings. The van der Waals surface area contributed by atoms with Crippen molar-refractivity contribution in [3.8, 4) is 0 Å². The Labute approximate surface area is 189 Å². The van der Waals surface area contributed by atoms with Crippen LogP contribution < -0.4 is 5.73 Å². The lowest BCUT2D eigenvalue weighted by Gasteiger charge is -2.14. The van der Waals surface area contributed by atoms with Crippen LogP contribution in [-0.2, 0) is 23.0 Å². The third-order valence-electron chi connectivity index (χ3n) is 4.58. The van der Waals surface area contributed by atoms with E-state index >= 15 is 0 Å². The summed E-state index contributed by atoms with van der Waals surface area (Å²) in [6.45, 7) is 1.62. The van der Waals surface area contributed by atoms with Gasteiger partial charge in [0.2, 0.25) is 10.0 Å². The molecule has 2 N–H and O–H groups in total. The van der Waals surface area contributed by atoms with Gasteiger partial charge in [-0.2, -0.15) is 5.10 Å². The first-order chi connectivity index (χ1) is 14.0. The molecular formula is C20H29ClFN5O3S. The van der Waals surface area contributed by atoms with E-state index in [2.05, 4.69) is 5.10 Å². The highest BCUT2D eigenvalue weighted by molar-refractivity contribution is 7.89. The van der Waals surface area contributed by atoms with Gasteiger partial charge in [-0.1, -0.05) is 12.1 Å². The molecule has 2 rings (SSSR count). The van der Waals surface area contributed by atoms with Crippen LogP contribution in [0.2, 0.25) is 0 Å². The summed E-state index contributed by atoms with van der Waals surface area (Å²) in [5.41, 5.74) is 7.73. The van der Waals surface area contributed by atoms with Gasteiger partial charge in [0.1, 0.15) is 11.5 Å². The van der Waals surface area contributed by atoms with Crippen LogP contribution in [0, 0.1) is 6.92 Å². The Morgan fingerprint density at radius 3 is 2.26 bits per heavy atom. The number of aryl methyl sites for hydroxylation is 1. The van der Waals surface area contributed by atoms with Gasteiger partial charge >= 0.3 is 0 Å². The van der Waals surface area contributed by atoms with Gasteiger partial charge in [0, 0.05) is 46.7 Å². The third kappa shape index (κ3) is 6.13. The Morgan fingerprint density at radius 2 is 1.77 bits per heavy atom. The second-order valence-electron chi connectivity index (χ2n) is 7.26. The smallest absolute Gasteiger partial charge is 0.271 e. The molecule has 1 heterocycles. The van der Waals surface area contributed by atoms with E-state index in [0.717, 1.165) is 9.87 Å². The Morgan fingerprint density at radius 1 is 1.19 bits per heavy atom. The van der Waals surface area contributed by atoms with Crippen molar-refractivity contribution in [2.75, 3.05) is 34.7 Å². The number of amides is 1. The van der Waals surface area contributed by atoms with Crippen molar-refractivity contribution < 1.29 is 17.6 Å². The van der Waals surface area contributed by atoms with Gasteiger partial charge in [0.15, 0.2) is 0 Å². The lowest BCUT2D eigenvalue weighted by molar-refractivity contribution is 0.0814. The first-order valence-corrected chi connectivity index (χ1v) is 10.8. The molecule has 11 heteroatoms. The lowest BCUT2D eigenvalue weighted by atomic mass is 10.0. The minimum atomic E-state index is -3.52. The summed E-state index contributed by atoms with van der Waals surface area (Å²) in [6.07, 6.45) is 1.59. The molecule has 0 aliphatic carbocycles. The molecule has 0 bridgehead atoms. The second kappa shape index (κ2) is 10.9. The Bertz CT molecular complexity index is 1050. The highest BCUT2D eigenvalue weighted by atomic mass is 35.5. The van der Waals surface area contributed by atoms with E-state index in [1.807, 2.05) is 0 Å². The van der Waals surface area contributed by atoms with Crippen molar-refractivity contribution in [1.29, 1.82) is 0 Å². The van der Waals surface area contributed by atoms with E-state index in [0.29, 0.717) is 23.4 Å². The molecule has 0 radical (unpaired) electrons. The summed E-state index contributed by atoms with van der Waals surface area (Å²) in [4.78, 5) is 14.4. The van der Waals surface area contributed by atoms with Crippen molar-refractivity contribution in [2.24, 2.45) is 5.73 Å².